The Morgan fingerprint density at radius 2 is 1.73 bits per heavy atom. The summed E-state index contributed by atoms with van der Waals surface area (Å²) in [5, 5.41) is 2.79. The lowest BCUT2D eigenvalue weighted by Crippen LogP contribution is -2.27. The number of anilines is 1. The maximum atomic E-state index is 12.7. The van der Waals surface area contributed by atoms with Gasteiger partial charge in [0, 0.05) is 37.2 Å². The second-order valence-electron chi connectivity index (χ2n) is 7.32. The van der Waals surface area contributed by atoms with Crippen molar-refractivity contribution < 1.29 is 17.6 Å². The van der Waals surface area contributed by atoms with E-state index in [2.05, 4.69) is 5.32 Å². The second kappa shape index (κ2) is 8.85. The summed E-state index contributed by atoms with van der Waals surface area (Å²) < 4.78 is 32.7. The van der Waals surface area contributed by atoms with E-state index in [4.69, 9.17) is 4.42 Å². The standard InChI is InChI=1S/C23H24N2O4S/c26-23(14-12-20-11-13-22(29-20)18-7-2-1-3-8-18)24-19-9-6-10-21(17-19)30(27,28)25-15-4-5-16-25/h1-3,6-11,13,17H,4-5,12,14-16H2,(H,24,26). The Morgan fingerprint density at radius 1 is 0.967 bits per heavy atom. The molecule has 0 unspecified atom stereocenters. The molecule has 3 aromatic rings. The van der Waals surface area contributed by atoms with Gasteiger partial charge < -0.3 is 9.73 Å². The van der Waals surface area contributed by atoms with Crippen molar-refractivity contribution in [1.82, 2.24) is 4.31 Å². The third kappa shape index (κ3) is 4.63. The summed E-state index contributed by atoms with van der Waals surface area (Å²) >= 11 is 0. The van der Waals surface area contributed by atoms with Gasteiger partial charge in [-0.25, -0.2) is 8.42 Å². The minimum absolute atomic E-state index is 0.191. The van der Waals surface area contributed by atoms with Crippen LogP contribution in [0.1, 0.15) is 25.0 Å². The molecule has 0 atom stereocenters. The summed E-state index contributed by atoms with van der Waals surface area (Å²) in [5.41, 5.74) is 1.47. The van der Waals surface area contributed by atoms with E-state index in [-0.39, 0.29) is 17.2 Å². The van der Waals surface area contributed by atoms with Crippen molar-refractivity contribution in [3.63, 3.8) is 0 Å². The van der Waals surface area contributed by atoms with Crippen LogP contribution in [0.4, 0.5) is 5.69 Å². The van der Waals surface area contributed by atoms with Crippen LogP contribution in [0.25, 0.3) is 11.3 Å². The normalized spacial score (nSPS) is 14.7. The summed E-state index contributed by atoms with van der Waals surface area (Å²) in [6.45, 7) is 1.10. The van der Waals surface area contributed by atoms with E-state index in [0.717, 1.165) is 29.9 Å². The van der Waals surface area contributed by atoms with Crippen LogP contribution in [-0.2, 0) is 21.2 Å². The zero-order chi connectivity index (χ0) is 21.0. The minimum Gasteiger partial charge on any atom is -0.461 e. The van der Waals surface area contributed by atoms with Gasteiger partial charge in [-0.15, -0.1) is 0 Å². The zero-order valence-corrected chi connectivity index (χ0v) is 17.4. The fourth-order valence-corrected chi connectivity index (χ4v) is 5.11. The molecular formula is C23H24N2O4S. The summed E-state index contributed by atoms with van der Waals surface area (Å²) in [6, 6.07) is 20.0. The molecular weight excluding hydrogens is 400 g/mol. The van der Waals surface area contributed by atoms with Crippen molar-refractivity contribution in [3.8, 4) is 11.3 Å². The first kappa shape index (κ1) is 20.4. The number of carbonyl (C=O) groups excluding carboxylic acids is 1. The van der Waals surface area contributed by atoms with E-state index in [9.17, 15) is 13.2 Å². The van der Waals surface area contributed by atoms with Crippen LogP contribution in [-0.4, -0.2) is 31.7 Å². The van der Waals surface area contributed by atoms with Crippen molar-refractivity contribution in [1.29, 1.82) is 0 Å². The summed E-state index contributed by atoms with van der Waals surface area (Å²) in [7, 11) is -3.51. The fraction of sp³-hybridized carbons (Fsp3) is 0.261. The molecule has 0 aliphatic carbocycles. The topological polar surface area (TPSA) is 79.6 Å². The average molecular weight is 425 g/mol. The molecule has 0 saturated carbocycles. The molecule has 1 aliphatic rings. The Labute approximate surface area is 176 Å². The Balaban J connectivity index is 1.36. The fourth-order valence-electron chi connectivity index (χ4n) is 3.54. The molecule has 0 spiro atoms. The lowest BCUT2D eigenvalue weighted by atomic mass is 10.2. The van der Waals surface area contributed by atoms with E-state index < -0.39 is 10.0 Å². The summed E-state index contributed by atoms with van der Waals surface area (Å²) in [6.07, 6.45) is 2.47. The highest BCUT2D eigenvalue weighted by molar-refractivity contribution is 7.89. The summed E-state index contributed by atoms with van der Waals surface area (Å²) in [4.78, 5) is 12.6. The Hall–Kier alpha value is -2.90. The van der Waals surface area contributed by atoms with Gasteiger partial charge in [-0.3, -0.25) is 4.79 Å². The molecule has 7 heteroatoms. The number of hydrogen-bond donors (Lipinski definition) is 1. The number of carbonyl (C=O) groups is 1. The van der Waals surface area contributed by atoms with Crippen LogP contribution in [0.5, 0.6) is 0 Å². The molecule has 0 bridgehead atoms. The van der Waals surface area contributed by atoms with Crippen LogP contribution in [0.15, 0.2) is 76.0 Å². The predicted molar refractivity (Wildman–Crippen MR) is 116 cm³/mol. The molecule has 1 amide bonds. The first-order chi connectivity index (χ1) is 14.5. The average Bonchev–Trinajstić information content (AvgIpc) is 3.46. The number of hydrogen-bond acceptors (Lipinski definition) is 4. The van der Waals surface area contributed by atoms with Gasteiger partial charge in [0.15, 0.2) is 0 Å². The zero-order valence-electron chi connectivity index (χ0n) is 16.6. The van der Waals surface area contributed by atoms with Gasteiger partial charge in [-0.1, -0.05) is 36.4 Å². The number of amides is 1. The van der Waals surface area contributed by atoms with Gasteiger partial charge in [-0.05, 0) is 43.2 Å². The number of aryl methyl sites for hydroxylation is 1. The molecule has 0 radical (unpaired) electrons. The molecule has 2 aromatic carbocycles. The number of rotatable bonds is 7. The van der Waals surface area contributed by atoms with Crippen molar-refractivity contribution in [2.75, 3.05) is 18.4 Å². The van der Waals surface area contributed by atoms with Crippen LogP contribution in [0, 0.1) is 0 Å². The van der Waals surface area contributed by atoms with E-state index in [0.29, 0.717) is 25.2 Å². The molecule has 6 nitrogen and oxygen atoms in total. The molecule has 156 valence electrons. The quantitative estimate of drug-likeness (QED) is 0.613. The van der Waals surface area contributed by atoms with Crippen LogP contribution >= 0.6 is 0 Å². The maximum Gasteiger partial charge on any atom is 0.243 e. The van der Waals surface area contributed by atoms with Gasteiger partial charge >= 0.3 is 0 Å². The van der Waals surface area contributed by atoms with Crippen molar-refractivity contribution in [2.24, 2.45) is 0 Å². The Bertz CT molecular complexity index is 1120. The van der Waals surface area contributed by atoms with Gasteiger partial charge in [0.05, 0.1) is 4.90 Å². The molecule has 2 heterocycles. The van der Waals surface area contributed by atoms with Gasteiger partial charge in [0.1, 0.15) is 11.5 Å². The number of sulfonamides is 1. The highest BCUT2D eigenvalue weighted by Gasteiger charge is 2.27. The second-order valence-corrected chi connectivity index (χ2v) is 9.26. The number of benzene rings is 2. The van der Waals surface area contributed by atoms with Gasteiger partial charge in [0.25, 0.3) is 0 Å². The van der Waals surface area contributed by atoms with Crippen LogP contribution in [0.3, 0.4) is 0 Å². The van der Waals surface area contributed by atoms with Crippen LogP contribution < -0.4 is 5.32 Å². The smallest absolute Gasteiger partial charge is 0.243 e. The van der Waals surface area contributed by atoms with E-state index in [1.807, 2.05) is 42.5 Å². The first-order valence-corrected chi connectivity index (χ1v) is 11.5. The van der Waals surface area contributed by atoms with Crippen molar-refractivity contribution in [2.45, 2.75) is 30.6 Å². The highest BCUT2D eigenvalue weighted by atomic mass is 32.2. The third-order valence-corrected chi connectivity index (χ3v) is 7.03. The van der Waals surface area contributed by atoms with Crippen molar-refractivity contribution >= 4 is 21.6 Å². The number of furan rings is 1. The number of nitrogens with one attached hydrogen (secondary N) is 1. The van der Waals surface area contributed by atoms with E-state index in [1.165, 1.54) is 10.4 Å². The molecule has 1 aliphatic heterocycles. The molecule has 30 heavy (non-hydrogen) atoms. The summed E-state index contributed by atoms with van der Waals surface area (Å²) in [5.74, 6) is 1.31. The first-order valence-electron chi connectivity index (χ1n) is 10.1. The van der Waals surface area contributed by atoms with E-state index >= 15 is 0 Å². The molecule has 1 aromatic heterocycles. The van der Waals surface area contributed by atoms with Crippen molar-refractivity contribution in [3.05, 3.63) is 72.5 Å². The highest BCUT2D eigenvalue weighted by Crippen LogP contribution is 2.24. The van der Waals surface area contributed by atoms with Crippen LogP contribution in [0.2, 0.25) is 0 Å². The third-order valence-electron chi connectivity index (χ3n) is 5.14. The van der Waals surface area contributed by atoms with Gasteiger partial charge in [0.2, 0.25) is 15.9 Å². The molecule has 1 N–H and O–H groups in total. The lowest BCUT2D eigenvalue weighted by molar-refractivity contribution is -0.116. The van der Waals surface area contributed by atoms with Gasteiger partial charge in [-0.2, -0.15) is 4.31 Å². The Morgan fingerprint density at radius 3 is 2.50 bits per heavy atom. The SMILES string of the molecule is O=C(CCc1ccc(-c2ccccc2)o1)Nc1cccc(S(=O)(=O)N2CCCC2)c1. The lowest BCUT2D eigenvalue weighted by Gasteiger charge is -2.16. The molecule has 4 rings (SSSR count). The maximum absolute atomic E-state index is 12.7. The molecule has 1 fully saturated rings. The minimum atomic E-state index is -3.51. The molecule has 1 saturated heterocycles. The Kier molecular flexibility index (Phi) is 6.01. The monoisotopic (exact) mass is 424 g/mol. The van der Waals surface area contributed by atoms with E-state index in [1.54, 1.807) is 18.2 Å². The predicted octanol–water partition coefficient (Wildman–Crippen LogP) is 4.30. The number of nitrogens with zero attached hydrogens (tertiary/aromatic N) is 1. The largest absolute Gasteiger partial charge is 0.461 e.